The van der Waals surface area contributed by atoms with E-state index in [1.807, 2.05) is 12.1 Å². The summed E-state index contributed by atoms with van der Waals surface area (Å²) in [6, 6.07) is 3.76. The number of hydrogen-bond acceptors (Lipinski definition) is 2. The van der Waals surface area contributed by atoms with Crippen molar-refractivity contribution in [1.29, 1.82) is 0 Å². The maximum absolute atomic E-state index is 10.8. The second-order valence-corrected chi connectivity index (χ2v) is 4.30. The number of carbonyl (C=O) groups is 1. The number of hydrogen-bond donors (Lipinski definition) is 2. The van der Waals surface area contributed by atoms with Gasteiger partial charge in [0.2, 0.25) is 0 Å². The van der Waals surface area contributed by atoms with Crippen molar-refractivity contribution in [3.8, 4) is 0 Å². The highest BCUT2D eigenvalue weighted by Gasteiger charge is 2.22. The van der Waals surface area contributed by atoms with Crippen LogP contribution in [0.3, 0.4) is 0 Å². The van der Waals surface area contributed by atoms with E-state index in [1.165, 1.54) is 11.3 Å². The van der Waals surface area contributed by atoms with Crippen LogP contribution in [0, 0.1) is 0 Å². The van der Waals surface area contributed by atoms with E-state index >= 15 is 0 Å². The Labute approximate surface area is 78.7 Å². The standard InChI is InChI=1S/C7H7ClN2OS/c8-6-2-1-5(12-6)4-3-9-7(11)10-4/h1-2,4H,3H2,(H2,9,10,11)/t4-/m0/s1. The molecule has 0 unspecified atom stereocenters. The average molecular weight is 203 g/mol. The Morgan fingerprint density at radius 2 is 2.42 bits per heavy atom. The third kappa shape index (κ3) is 1.40. The number of nitrogens with one attached hydrogen (secondary N) is 2. The second-order valence-electron chi connectivity index (χ2n) is 2.55. The topological polar surface area (TPSA) is 41.1 Å². The Morgan fingerprint density at radius 1 is 1.58 bits per heavy atom. The van der Waals surface area contributed by atoms with E-state index < -0.39 is 0 Å². The summed E-state index contributed by atoms with van der Waals surface area (Å²) in [6.07, 6.45) is 0. The molecule has 1 atom stereocenters. The van der Waals surface area contributed by atoms with Crippen LogP contribution in [0.25, 0.3) is 0 Å². The summed E-state index contributed by atoms with van der Waals surface area (Å²) in [6.45, 7) is 0.648. The fourth-order valence-corrected chi connectivity index (χ4v) is 2.25. The third-order valence-electron chi connectivity index (χ3n) is 1.71. The van der Waals surface area contributed by atoms with Crippen LogP contribution in [0.5, 0.6) is 0 Å². The molecule has 5 heteroatoms. The first-order valence-electron chi connectivity index (χ1n) is 3.55. The Hall–Kier alpha value is -0.740. The summed E-state index contributed by atoms with van der Waals surface area (Å²) in [7, 11) is 0. The number of carbonyl (C=O) groups excluding carboxylic acids is 1. The number of thiophene rings is 1. The number of amides is 2. The van der Waals surface area contributed by atoms with Gasteiger partial charge < -0.3 is 10.6 Å². The van der Waals surface area contributed by atoms with E-state index in [0.29, 0.717) is 6.54 Å². The summed E-state index contributed by atoms with van der Waals surface area (Å²) in [5.74, 6) is 0. The van der Waals surface area contributed by atoms with Gasteiger partial charge in [-0.25, -0.2) is 4.79 Å². The van der Waals surface area contributed by atoms with Crippen molar-refractivity contribution in [2.75, 3.05) is 6.54 Å². The lowest BCUT2D eigenvalue weighted by atomic mass is 10.2. The molecular formula is C7H7ClN2OS. The molecule has 1 saturated heterocycles. The van der Waals surface area contributed by atoms with Crippen molar-refractivity contribution in [1.82, 2.24) is 10.6 Å². The molecule has 1 aliphatic rings. The first kappa shape index (κ1) is 7.89. The zero-order valence-corrected chi connectivity index (χ0v) is 7.71. The van der Waals surface area contributed by atoms with Crippen LogP contribution in [-0.4, -0.2) is 12.6 Å². The Morgan fingerprint density at radius 3 is 2.92 bits per heavy atom. The van der Waals surface area contributed by atoms with E-state index in [4.69, 9.17) is 11.6 Å². The Kier molecular flexibility index (Phi) is 1.94. The number of halogens is 1. The molecule has 0 aromatic carbocycles. The van der Waals surface area contributed by atoms with Gasteiger partial charge in [-0.05, 0) is 12.1 Å². The maximum Gasteiger partial charge on any atom is 0.315 e. The first-order valence-corrected chi connectivity index (χ1v) is 4.75. The normalized spacial score (nSPS) is 22.1. The van der Waals surface area contributed by atoms with Gasteiger partial charge in [-0.2, -0.15) is 0 Å². The van der Waals surface area contributed by atoms with Crippen molar-refractivity contribution < 1.29 is 4.79 Å². The Balaban J connectivity index is 2.15. The van der Waals surface area contributed by atoms with Crippen molar-refractivity contribution >= 4 is 29.0 Å². The van der Waals surface area contributed by atoms with Crippen LogP contribution in [0.4, 0.5) is 4.79 Å². The van der Waals surface area contributed by atoms with Crippen LogP contribution in [0.1, 0.15) is 10.9 Å². The van der Waals surface area contributed by atoms with Crippen LogP contribution in [-0.2, 0) is 0 Å². The first-order chi connectivity index (χ1) is 5.75. The van der Waals surface area contributed by atoms with Crippen LogP contribution in [0.15, 0.2) is 12.1 Å². The van der Waals surface area contributed by atoms with Crippen LogP contribution in [0.2, 0.25) is 4.34 Å². The summed E-state index contributed by atoms with van der Waals surface area (Å²) in [4.78, 5) is 11.9. The molecule has 12 heavy (non-hydrogen) atoms. The van der Waals surface area contributed by atoms with Gasteiger partial charge in [0, 0.05) is 11.4 Å². The molecule has 0 radical (unpaired) electrons. The molecule has 1 fully saturated rings. The minimum atomic E-state index is -0.107. The summed E-state index contributed by atoms with van der Waals surface area (Å²) >= 11 is 7.26. The lowest BCUT2D eigenvalue weighted by Crippen LogP contribution is -2.21. The van der Waals surface area contributed by atoms with Crippen LogP contribution < -0.4 is 10.6 Å². The van der Waals surface area contributed by atoms with Gasteiger partial charge >= 0.3 is 6.03 Å². The monoisotopic (exact) mass is 202 g/mol. The molecule has 1 aliphatic heterocycles. The molecule has 2 N–H and O–H groups in total. The zero-order valence-electron chi connectivity index (χ0n) is 6.13. The van der Waals surface area contributed by atoms with Gasteiger partial charge in [0.1, 0.15) is 0 Å². The fraction of sp³-hybridized carbons (Fsp3) is 0.286. The minimum Gasteiger partial charge on any atom is -0.336 e. The average Bonchev–Trinajstić information content (AvgIpc) is 2.58. The maximum atomic E-state index is 10.8. The predicted molar refractivity (Wildman–Crippen MR) is 48.6 cm³/mol. The lowest BCUT2D eigenvalue weighted by molar-refractivity contribution is 0.247. The Bertz CT molecular complexity index is 312. The highest BCUT2D eigenvalue weighted by atomic mass is 35.5. The summed E-state index contributed by atoms with van der Waals surface area (Å²) in [5.41, 5.74) is 0. The molecule has 2 rings (SSSR count). The van der Waals surface area contributed by atoms with Crippen molar-refractivity contribution in [3.05, 3.63) is 21.3 Å². The highest BCUT2D eigenvalue weighted by Crippen LogP contribution is 2.27. The lowest BCUT2D eigenvalue weighted by Gasteiger charge is -2.03. The highest BCUT2D eigenvalue weighted by molar-refractivity contribution is 7.16. The van der Waals surface area contributed by atoms with Gasteiger partial charge in [0.05, 0.1) is 10.4 Å². The molecule has 0 spiro atoms. The zero-order chi connectivity index (χ0) is 8.55. The summed E-state index contributed by atoms with van der Waals surface area (Å²) < 4.78 is 0.756. The van der Waals surface area contributed by atoms with Crippen molar-refractivity contribution in [3.63, 3.8) is 0 Å². The molecule has 3 nitrogen and oxygen atoms in total. The second kappa shape index (κ2) is 2.95. The predicted octanol–water partition coefficient (Wildman–Crippen LogP) is 1.76. The molecule has 2 amide bonds. The van der Waals surface area contributed by atoms with Crippen molar-refractivity contribution in [2.24, 2.45) is 0 Å². The molecule has 0 saturated carbocycles. The van der Waals surface area contributed by atoms with E-state index in [-0.39, 0.29) is 12.1 Å². The molecule has 1 aromatic rings. The molecule has 0 aliphatic carbocycles. The van der Waals surface area contributed by atoms with Crippen LogP contribution >= 0.6 is 22.9 Å². The van der Waals surface area contributed by atoms with Gasteiger partial charge in [0.15, 0.2) is 0 Å². The molecular weight excluding hydrogens is 196 g/mol. The van der Waals surface area contributed by atoms with Gasteiger partial charge in [0.25, 0.3) is 0 Å². The van der Waals surface area contributed by atoms with Gasteiger partial charge in [-0.15, -0.1) is 11.3 Å². The minimum absolute atomic E-state index is 0.0926. The van der Waals surface area contributed by atoms with Gasteiger partial charge in [-0.3, -0.25) is 0 Å². The van der Waals surface area contributed by atoms with E-state index in [9.17, 15) is 4.79 Å². The summed E-state index contributed by atoms with van der Waals surface area (Å²) in [5, 5.41) is 5.48. The fourth-order valence-electron chi connectivity index (χ4n) is 1.14. The third-order valence-corrected chi connectivity index (χ3v) is 3.05. The smallest absolute Gasteiger partial charge is 0.315 e. The molecule has 64 valence electrons. The van der Waals surface area contributed by atoms with Gasteiger partial charge in [-0.1, -0.05) is 11.6 Å². The largest absolute Gasteiger partial charge is 0.336 e. The van der Waals surface area contributed by atoms with E-state index in [1.54, 1.807) is 0 Å². The SMILES string of the molecule is O=C1NC[C@@H](c2ccc(Cl)s2)N1. The molecule has 0 bridgehead atoms. The number of rotatable bonds is 1. The quantitative estimate of drug-likeness (QED) is 0.716. The number of urea groups is 1. The van der Waals surface area contributed by atoms with E-state index in [2.05, 4.69) is 10.6 Å². The van der Waals surface area contributed by atoms with Crippen molar-refractivity contribution in [2.45, 2.75) is 6.04 Å². The molecule has 2 heterocycles. The molecule has 1 aromatic heterocycles. The van der Waals surface area contributed by atoms with E-state index in [0.717, 1.165) is 9.21 Å².